The van der Waals surface area contributed by atoms with E-state index >= 15 is 0 Å². The molecule has 0 unspecified atom stereocenters. The van der Waals surface area contributed by atoms with E-state index in [0.717, 1.165) is 11.1 Å². The van der Waals surface area contributed by atoms with Gasteiger partial charge in [-0.1, -0.05) is 29.8 Å². The SMILES string of the molecule is Cc1cccc(CC(=O)Nc2ccc3c(c2)oc(=O)n3C)c1. The molecular formula is C17H16N2O3. The number of hydrogen-bond acceptors (Lipinski definition) is 3. The van der Waals surface area contributed by atoms with Gasteiger partial charge in [0.25, 0.3) is 0 Å². The lowest BCUT2D eigenvalue weighted by molar-refractivity contribution is -0.115. The van der Waals surface area contributed by atoms with Gasteiger partial charge in [-0.25, -0.2) is 4.79 Å². The predicted octanol–water partition coefficient (Wildman–Crippen LogP) is 2.62. The van der Waals surface area contributed by atoms with Crippen LogP contribution in [-0.4, -0.2) is 10.5 Å². The summed E-state index contributed by atoms with van der Waals surface area (Å²) in [6.07, 6.45) is 0.304. The third-order valence-corrected chi connectivity index (χ3v) is 3.52. The van der Waals surface area contributed by atoms with Gasteiger partial charge in [-0.3, -0.25) is 9.36 Å². The molecule has 5 heteroatoms. The highest BCUT2D eigenvalue weighted by atomic mass is 16.4. The zero-order chi connectivity index (χ0) is 15.7. The van der Waals surface area contributed by atoms with E-state index in [0.29, 0.717) is 23.2 Å². The minimum atomic E-state index is -0.418. The number of carbonyl (C=O) groups is 1. The molecule has 0 saturated carbocycles. The molecule has 2 aromatic carbocycles. The molecule has 112 valence electrons. The average Bonchev–Trinajstić information content (AvgIpc) is 2.73. The Morgan fingerprint density at radius 2 is 2.05 bits per heavy atom. The molecule has 0 radical (unpaired) electrons. The molecule has 0 aliphatic rings. The first kappa shape index (κ1) is 14.1. The Labute approximate surface area is 127 Å². The zero-order valence-corrected chi connectivity index (χ0v) is 12.4. The number of aryl methyl sites for hydroxylation is 2. The Hall–Kier alpha value is -2.82. The summed E-state index contributed by atoms with van der Waals surface area (Å²) in [6, 6.07) is 13.0. The Balaban J connectivity index is 1.78. The molecule has 1 amide bonds. The normalized spacial score (nSPS) is 10.8. The molecule has 0 aliphatic carbocycles. The molecule has 1 heterocycles. The molecule has 5 nitrogen and oxygen atoms in total. The van der Waals surface area contributed by atoms with Crippen molar-refractivity contribution >= 4 is 22.7 Å². The highest BCUT2D eigenvalue weighted by Gasteiger charge is 2.09. The fraction of sp³-hybridized carbons (Fsp3) is 0.176. The largest absolute Gasteiger partial charge is 0.419 e. The Kier molecular flexibility index (Phi) is 3.55. The third kappa shape index (κ3) is 2.79. The van der Waals surface area contributed by atoms with Crippen molar-refractivity contribution in [3.63, 3.8) is 0 Å². The molecule has 0 aliphatic heterocycles. The molecule has 3 aromatic rings. The van der Waals surface area contributed by atoms with Gasteiger partial charge in [-0.15, -0.1) is 0 Å². The molecule has 0 bridgehead atoms. The number of oxazole rings is 1. The van der Waals surface area contributed by atoms with Gasteiger partial charge in [-0.05, 0) is 24.6 Å². The summed E-state index contributed by atoms with van der Waals surface area (Å²) in [5.41, 5.74) is 3.85. The van der Waals surface area contributed by atoms with Gasteiger partial charge in [0, 0.05) is 18.8 Å². The summed E-state index contributed by atoms with van der Waals surface area (Å²) in [7, 11) is 1.64. The number of anilines is 1. The lowest BCUT2D eigenvalue weighted by Crippen LogP contribution is -2.14. The van der Waals surface area contributed by atoms with Crippen LogP contribution in [0.15, 0.2) is 51.7 Å². The number of carbonyl (C=O) groups excluding carboxylic acids is 1. The second kappa shape index (κ2) is 5.52. The summed E-state index contributed by atoms with van der Waals surface area (Å²) in [4.78, 5) is 23.5. The van der Waals surface area contributed by atoms with Crippen molar-refractivity contribution in [2.24, 2.45) is 7.05 Å². The molecule has 3 rings (SSSR count). The van der Waals surface area contributed by atoms with Gasteiger partial charge in [0.15, 0.2) is 5.58 Å². The van der Waals surface area contributed by atoms with Crippen LogP contribution in [0.3, 0.4) is 0 Å². The number of nitrogens with one attached hydrogen (secondary N) is 1. The molecule has 1 aromatic heterocycles. The summed E-state index contributed by atoms with van der Waals surface area (Å²) < 4.78 is 6.54. The molecular weight excluding hydrogens is 280 g/mol. The topological polar surface area (TPSA) is 64.2 Å². The molecule has 0 spiro atoms. The number of benzene rings is 2. The van der Waals surface area contributed by atoms with Gasteiger partial charge >= 0.3 is 5.76 Å². The number of aromatic nitrogens is 1. The first-order valence-corrected chi connectivity index (χ1v) is 6.98. The van der Waals surface area contributed by atoms with Gasteiger partial charge in [0.1, 0.15) is 0 Å². The molecule has 0 fully saturated rings. The number of nitrogens with zero attached hydrogens (tertiary/aromatic N) is 1. The van der Waals surface area contributed by atoms with E-state index in [-0.39, 0.29) is 5.91 Å². The Bertz CT molecular complexity index is 906. The maximum absolute atomic E-state index is 12.1. The number of hydrogen-bond donors (Lipinski definition) is 1. The van der Waals surface area contributed by atoms with E-state index in [1.54, 1.807) is 25.2 Å². The van der Waals surface area contributed by atoms with E-state index in [9.17, 15) is 9.59 Å². The summed E-state index contributed by atoms with van der Waals surface area (Å²) in [5.74, 6) is -0.526. The maximum Gasteiger partial charge on any atom is 0.419 e. The van der Waals surface area contributed by atoms with Crippen LogP contribution in [0.2, 0.25) is 0 Å². The second-order valence-electron chi connectivity index (χ2n) is 5.32. The van der Waals surface area contributed by atoms with Gasteiger partial charge in [0.05, 0.1) is 11.9 Å². The van der Waals surface area contributed by atoms with Crippen molar-refractivity contribution in [1.82, 2.24) is 4.57 Å². The lowest BCUT2D eigenvalue weighted by atomic mass is 10.1. The highest BCUT2D eigenvalue weighted by molar-refractivity contribution is 5.94. The van der Waals surface area contributed by atoms with Crippen molar-refractivity contribution in [2.75, 3.05) is 5.32 Å². The van der Waals surface area contributed by atoms with E-state index < -0.39 is 5.76 Å². The first-order chi connectivity index (χ1) is 10.5. The van der Waals surface area contributed by atoms with Crippen LogP contribution in [0.25, 0.3) is 11.1 Å². The predicted molar refractivity (Wildman–Crippen MR) is 85.0 cm³/mol. The van der Waals surface area contributed by atoms with Crippen LogP contribution >= 0.6 is 0 Å². The van der Waals surface area contributed by atoms with Crippen LogP contribution in [0, 0.1) is 6.92 Å². The van der Waals surface area contributed by atoms with Crippen molar-refractivity contribution in [2.45, 2.75) is 13.3 Å². The summed E-state index contributed by atoms with van der Waals surface area (Å²) in [6.45, 7) is 1.99. The van der Waals surface area contributed by atoms with Crippen LogP contribution in [0.5, 0.6) is 0 Å². The quantitative estimate of drug-likeness (QED) is 0.808. The smallest absolute Gasteiger partial charge is 0.408 e. The van der Waals surface area contributed by atoms with E-state index in [4.69, 9.17) is 4.42 Å². The van der Waals surface area contributed by atoms with Crippen molar-refractivity contribution in [3.8, 4) is 0 Å². The van der Waals surface area contributed by atoms with Gasteiger partial charge in [0.2, 0.25) is 5.91 Å². The van der Waals surface area contributed by atoms with Crippen LogP contribution < -0.4 is 11.1 Å². The van der Waals surface area contributed by atoms with Crippen LogP contribution in [0.4, 0.5) is 5.69 Å². The molecule has 1 N–H and O–H groups in total. The van der Waals surface area contributed by atoms with E-state index in [2.05, 4.69) is 5.32 Å². The van der Waals surface area contributed by atoms with Crippen LogP contribution in [-0.2, 0) is 18.3 Å². The zero-order valence-electron chi connectivity index (χ0n) is 12.4. The fourth-order valence-electron chi connectivity index (χ4n) is 2.42. The number of amides is 1. The summed E-state index contributed by atoms with van der Waals surface area (Å²) >= 11 is 0. The van der Waals surface area contributed by atoms with Crippen molar-refractivity contribution < 1.29 is 9.21 Å². The highest BCUT2D eigenvalue weighted by Crippen LogP contribution is 2.18. The van der Waals surface area contributed by atoms with Crippen molar-refractivity contribution in [1.29, 1.82) is 0 Å². The average molecular weight is 296 g/mol. The number of rotatable bonds is 3. The fourth-order valence-corrected chi connectivity index (χ4v) is 2.42. The lowest BCUT2D eigenvalue weighted by Gasteiger charge is -2.06. The minimum absolute atomic E-state index is 0.108. The molecule has 0 saturated heterocycles. The number of fused-ring (bicyclic) bond motifs is 1. The van der Waals surface area contributed by atoms with E-state index in [1.165, 1.54) is 4.57 Å². The van der Waals surface area contributed by atoms with Gasteiger partial charge < -0.3 is 9.73 Å². The Morgan fingerprint density at radius 3 is 2.82 bits per heavy atom. The van der Waals surface area contributed by atoms with Crippen molar-refractivity contribution in [3.05, 3.63) is 64.1 Å². The third-order valence-electron chi connectivity index (χ3n) is 3.52. The minimum Gasteiger partial charge on any atom is -0.408 e. The molecule has 0 atom stereocenters. The van der Waals surface area contributed by atoms with E-state index in [1.807, 2.05) is 31.2 Å². The molecule has 22 heavy (non-hydrogen) atoms. The second-order valence-corrected chi connectivity index (χ2v) is 5.32. The first-order valence-electron chi connectivity index (χ1n) is 6.98. The maximum atomic E-state index is 12.1. The summed E-state index contributed by atoms with van der Waals surface area (Å²) in [5, 5.41) is 2.82. The standard InChI is InChI=1S/C17H16N2O3/c1-11-4-3-5-12(8-11)9-16(20)18-13-6-7-14-15(10-13)22-17(21)19(14)2/h3-8,10H,9H2,1-2H3,(H,18,20). The monoisotopic (exact) mass is 296 g/mol. The van der Waals surface area contributed by atoms with Gasteiger partial charge in [-0.2, -0.15) is 0 Å². The van der Waals surface area contributed by atoms with Crippen LogP contribution in [0.1, 0.15) is 11.1 Å². The Morgan fingerprint density at radius 1 is 1.23 bits per heavy atom.